The molecule has 1 nitrogen and oxygen atoms in total. The molecule has 14 heavy (non-hydrogen) atoms. The largest absolute Gasteiger partial charge is 0.378 e. The van der Waals surface area contributed by atoms with Gasteiger partial charge in [-0.25, -0.2) is 0 Å². The topological polar surface area (TPSA) is 9.23 Å². The van der Waals surface area contributed by atoms with Gasteiger partial charge in [-0.15, -0.1) is 0 Å². The normalized spacial score (nSPS) is 16.1. The van der Waals surface area contributed by atoms with Crippen molar-refractivity contribution in [2.75, 3.05) is 6.61 Å². The fraction of sp³-hybridized carbons (Fsp3) is 1.00. The lowest BCUT2D eigenvalue weighted by atomic mass is 10.1. The molecule has 0 spiro atoms. The van der Waals surface area contributed by atoms with E-state index >= 15 is 0 Å². The molecule has 0 saturated heterocycles. The van der Waals surface area contributed by atoms with E-state index in [1.54, 1.807) is 0 Å². The molecule has 0 bridgehead atoms. The van der Waals surface area contributed by atoms with Crippen molar-refractivity contribution in [3.63, 3.8) is 0 Å². The predicted octanol–water partition coefficient (Wildman–Crippen LogP) is 4.31. The third-order valence-electron chi connectivity index (χ3n) is 2.88. The van der Waals surface area contributed by atoms with Gasteiger partial charge in [-0.05, 0) is 19.3 Å². The third kappa shape index (κ3) is 7.37. The van der Waals surface area contributed by atoms with E-state index in [-0.39, 0.29) is 0 Å². The van der Waals surface area contributed by atoms with Crippen LogP contribution in [-0.4, -0.2) is 12.7 Å². The zero-order valence-electron chi connectivity index (χ0n) is 9.76. The third-order valence-corrected chi connectivity index (χ3v) is 2.88. The van der Waals surface area contributed by atoms with E-state index in [0.717, 1.165) is 6.61 Å². The minimum Gasteiger partial charge on any atom is -0.378 e. The van der Waals surface area contributed by atoms with Gasteiger partial charge in [-0.3, -0.25) is 0 Å². The maximum atomic E-state index is 5.60. The second kappa shape index (κ2) is 8.28. The summed E-state index contributed by atoms with van der Waals surface area (Å²) in [4.78, 5) is 0. The Morgan fingerprint density at radius 3 is 2.00 bits per heavy atom. The highest BCUT2D eigenvalue weighted by molar-refractivity contribution is 4.72. The first kappa shape index (κ1) is 12.0. The van der Waals surface area contributed by atoms with Crippen LogP contribution in [0.3, 0.4) is 0 Å². The van der Waals surface area contributed by atoms with Crippen molar-refractivity contribution >= 4 is 0 Å². The average molecular weight is 198 g/mol. The van der Waals surface area contributed by atoms with Crippen LogP contribution in [0.4, 0.5) is 0 Å². The molecular formula is C13H26O. The first-order valence-corrected chi connectivity index (χ1v) is 6.55. The summed E-state index contributed by atoms with van der Waals surface area (Å²) in [7, 11) is 0. The zero-order chi connectivity index (χ0) is 10.1. The summed E-state index contributed by atoms with van der Waals surface area (Å²) in [5.41, 5.74) is 0. The molecule has 1 aliphatic rings. The van der Waals surface area contributed by atoms with Crippen LogP contribution in [0.15, 0.2) is 0 Å². The molecule has 0 amide bonds. The molecule has 0 heterocycles. The number of hydrogen-bond acceptors (Lipinski definition) is 1. The molecule has 1 heteroatoms. The van der Waals surface area contributed by atoms with E-state index in [2.05, 4.69) is 6.92 Å². The summed E-state index contributed by atoms with van der Waals surface area (Å²) < 4.78 is 5.60. The molecule has 0 unspecified atom stereocenters. The maximum absolute atomic E-state index is 5.60. The second-order valence-corrected chi connectivity index (χ2v) is 4.55. The summed E-state index contributed by atoms with van der Waals surface area (Å²) in [5, 5.41) is 0. The average Bonchev–Trinajstić information content (AvgIpc) is 2.99. The molecule has 0 atom stereocenters. The van der Waals surface area contributed by atoms with Crippen molar-refractivity contribution in [3.8, 4) is 0 Å². The van der Waals surface area contributed by atoms with E-state index < -0.39 is 0 Å². The van der Waals surface area contributed by atoms with Crippen molar-refractivity contribution in [2.45, 2.75) is 77.2 Å². The summed E-state index contributed by atoms with van der Waals surface area (Å²) in [5.74, 6) is 0. The zero-order valence-corrected chi connectivity index (χ0v) is 9.76. The molecule has 1 fully saturated rings. The van der Waals surface area contributed by atoms with Crippen LogP contribution in [0.1, 0.15) is 71.1 Å². The summed E-state index contributed by atoms with van der Waals surface area (Å²) >= 11 is 0. The van der Waals surface area contributed by atoms with Crippen molar-refractivity contribution in [1.29, 1.82) is 0 Å². The minimum absolute atomic E-state index is 0.652. The molecule has 1 aliphatic carbocycles. The van der Waals surface area contributed by atoms with Crippen LogP contribution in [0.5, 0.6) is 0 Å². The van der Waals surface area contributed by atoms with Crippen molar-refractivity contribution in [1.82, 2.24) is 0 Å². The summed E-state index contributed by atoms with van der Waals surface area (Å²) in [6.45, 7) is 3.29. The molecule has 0 aliphatic heterocycles. The van der Waals surface area contributed by atoms with Gasteiger partial charge in [0.2, 0.25) is 0 Å². The Balaban J connectivity index is 1.63. The van der Waals surface area contributed by atoms with E-state index in [0.29, 0.717) is 6.10 Å². The van der Waals surface area contributed by atoms with Crippen molar-refractivity contribution in [2.24, 2.45) is 0 Å². The fourth-order valence-electron chi connectivity index (χ4n) is 1.72. The number of unbranched alkanes of at least 4 members (excludes halogenated alkanes) is 7. The highest BCUT2D eigenvalue weighted by Crippen LogP contribution is 2.23. The van der Waals surface area contributed by atoms with Crippen LogP contribution in [-0.2, 0) is 4.74 Å². The van der Waals surface area contributed by atoms with Gasteiger partial charge in [0.1, 0.15) is 0 Å². The first-order chi connectivity index (χ1) is 6.93. The Bertz CT molecular complexity index is 118. The number of rotatable bonds is 10. The maximum Gasteiger partial charge on any atom is 0.0577 e. The van der Waals surface area contributed by atoms with Crippen molar-refractivity contribution in [3.05, 3.63) is 0 Å². The molecule has 0 aromatic carbocycles. The van der Waals surface area contributed by atoms with Crippen LogP contribution < -0.4 is 0 Å². The van der Waals surface area contributed by atoms with Gasteiger partial charge in [0.25, 0.3) is 0 Å². The number of hydrogen-bond donors (Lipinski definition) is 0. The lowest BCUT2D eigenvalue weighted by molar-refractivity contribution is 0.115. The van der Waals surface area contributed by atoms with Crippen molar-refractivity contribution < 1.29 is 4.74 Å². The Hall–Kier alpha value is -0.0400. The van der Waals surface area contributed by atoms with Gasteiger partial charge in [0.15, 0.2) is 0 Å². The quantitative estimate of drug-likeness (QED) is 0.475. The SMILES string of the molecule is CCCCCCCCCCOC1CC1. The monoisotopic (exact) mass is 198 g/mol. The Kier molecular flexibility index (Phi) is 7.12. The summed E-state index contributed by atoms with van der Waals surface area (Å²) in [6.07, 6.45) is 14.4. The lowest BCUT2D eigenvalue weighted by Gasteiger charge is -2.02. The van der Waals surface area contributed by atoms with E-state index in [4.69, 9.17) is 4.74 Å². The molecular weight excluding hydrogens is 172 g/mol. The molecule has 1 saturated carbocycles. The molecule has 1 rings (SSSR count). The Labute approximate surface area is 89.2 Å². The highest BCUT2D eigenvalue weighted by Gasteiger charge is 2.21. The highest BCUT2D eigenvalue weighted by atomic mass is 16.5. The minimum atomic E-state index is 0.652. The molecule has 0 aromatic rings. The lowest BCUT2D eigenvalue weighted by Crippen LogP contribution is -1.95. The Morgan fingerprint density at radius 1 is 0.857 bits per heavy atom. The van der Waals surface area contributed by atoms with Crippen LogP contribution in [0.2, 0.25) is 0 Å². The fourth-order valence-corrected chi connectivity index (χ4v) is 1.72. The molecule has 84 valence electrons. The van der Waals surface area contributed by atoms with E-state index in [9.17, 15) is 0 Å². The predicted molar refractivity (Wildman–Crippen MR) is 61.6 cm³/mol. The molecule has 0 radical (unpaired) electrons. The molecule has 0 aromatic heterocycles. The van der Waals surface area contributed by atoms with Gasteiger partial charge < -0.3 is 4.74 Å². The van der Waals surface area contributed by atoms with E-state index in [1.165, 1.54) is 64.2 Å². The molecule has 0 N–H and O–H groups in total. The van der Waals surface area contributed by atoms with Crippen LogP contribution in [0, 0.1) is 0 Å². The van der Waals surface area contributed by atoms with E-state index in [1.807, 2.05) is 0 Å². The van der Waals surface area contributed by atoms with Gasteiger partial charge in [0.05, 0.1) is 6.10 Å². The summed E-state index contributed by atoms with van der Waals surface area (Å²) in [6, 6.07) is 0. The van der Waals surface area contributed by atoms with Gasteiger partial charge in [0, 0.05) is 6.61 Å². The number of ether oxygens (including phenoxy) is 1. The smallest absolute Gasteiger partial charge is 0.0577 e. The second-order valence-electron chi connectivity index (χ2n) is 4.55. The standard InChI is InChI=1S/C13H26O/c1-2-3-4-5-6-7-8-9-12-14-13-10-11-13/h13H,2-12H2,1H3. The Morgan fingerprint density at radius 2 is 1.43 bits per heavy atom. The first-order valence-electron chi connectivity index (χ1n) is 6.55. The van der Waals surface area contributed by atoms with Gasteiger partial charge >= 0.3 is 0 Å². The van der Waals surface area contributed by atoms with Crippen LogP contribution in [0.25, 0.3) is 0 Å². The van der Waals surface area contributed by atoms with Gasteiger partial charge in [-0.2, -0.15) is 0 Å². The van der Waals surface area contributed by atoms with Gasteiger partial charge in [-0.1, -0.05) is 51.9 Å². The van der Waals surface area contributed by atoms with Crippen LogP contribution >= 0.6 is 0 Å².